The fourth-order valence-corrected chi connectivity index (χ4v) is 7.79. The number of anilines is 2. The van der Waals surface area contributed by atoms with E-state index >= 15 is 0 Å². The molecular formula is C42H42Cl2N6O3. The molecule has 1 atom stereocenters. The number of benzene rings is 3. The Labute approximate surface area is 319 Å². The van der Waals surface area contributed by atoms with Crippen LogP contribution in [0.25, 0.3) is 22.2 Å². The lowest BCUT2D eigenvalue weighted by molar-refractivity contribution is 0.0499. The fourth-order valence-electron chi connectivity index (χ4n) is 7.49. The van der Waals surface area contributed by atoms with Crippen molar-refractivity contribution in [1.29, 1.82) is 0 Å². The summed E-state index contributed by atoms with van der Waals surface area (Å²) in [6.45, 7) is 11.0. The van der Waals surface area contributed by atoms with E-state index in [0.29, 0.717) is 53.5 Å². The third kappa shape index (κ3) is 7.50. The summed E-state index contributed by atoms with van der Waals surface area (Å²) in [5.74, 6) is 0.357. The second kappa shape index (κ2) is 15.8. The van der Waals surface area contributed by atoms with E-state index in [2.05, 4.69) is 52.7 Å². The Balaban J connectivity index is 1.28. The second-order valence-electron chi connectivity index (χ2n) is 13.4. The number of fused-ring (bicyclic) bond motifs is 1. The highest BCUT2D eigenvalue weighted by atomic mass is 35.5. The average molecular weight is 750 g/mol. The minimum Gasteiger partial charge on any atom is -0.449 e. The van der Waals surface area contributed by atoms with Gasteiger partial charge in [-0.2, -0.15) is 0 Å². The standard InChI is InChI=1S/C42H42Cl2N6O3/c1-4-49(28(3)30-13-15-31(43)16-14-30)39(27(2)29-10-6-5-7-11-29)37-34-18-17-32(44)26-36(34)46-38(37)41(51)47-35-12-8-21-45-40(35)48-23-19-33(20-24-48)50-22-9-25-53-42(50)52/h4-8,10-18,21,26,28,33,46H,1,9,19-20,22-25H2,2-3H3,(H,47,51)/b39-27+. The zero-order valence-electron chi connectivity index (χ0n) is 29.8. The molecule has 2 amide bonds. The molecule has 2 N–H and O–H groups in total. The van der Waals surface area contributed by atoms with Crippen LogP contribution in [0.4, 0.5) is 16.3 Å². The lowest BCUT2D eigenvalue weighted by Crippen LogP contribution is -2.50. The molecule has 0 aliphatic carbocycles. The van der Waals surface area contributed by atoms with Crippen molar-refractivity contribution < 1.29 is 14.3 Å². The molecule has 5 aromatic rings. The lowest BCUT2D eigenvalue weighted by atomic mass is 9.95. The van der Waals surface area contributed by atoms with Crippen molar-refractivity contribution in [3.05, 3.63) is 136 Å². The minimum atomic E-state index is -0.325. The Hall–Kier alpha value is -5.25. The van der Waals surface area contributed by atoms with E-state index in [1.165, 1.54) is 0 Å². The van der Waals surface area contributed by atoms with Crippen LogP contribution < -0.4 is 10.2 Å². The molecule has 0 bridgehead atoms. The number of cyclic esters (lactones) is 1. The number of aromatic amines is 1. The zero-order chi connectivity index (χ0) is 37.1. The second-order valence-corrected chi connectivity index (χ2v) is 14.3. The monoisotopic (exact) mass is 748 g/mol. The van der Waals surface area contributed by atoms with Crippen molar-refractivity contribution in [3.63, 3.8) is 0 Å². The summed E-state index contributed by atoms with van der Waals surface area (Å²) >= 11 is 12.8. The maximum atomic E-state index is 14.7. The zero-order valence-corrected chi connectivity index (χ0v) is 31.3. The summed E-state index contributed by atoms with van der Waals surface area (Å²) in [4.78, 5) is 41.4. The Morgan fingerprint density at radius 2 is 1.75 bits per heavy atom. The molecule has 2 aliphatic heterocycles. The molecule has 272 valence electrons. The first-order chi connectivity index (χ1) is 25.7. The molecule has 3 aromatic carbocycles. The highest BCUT2D eigenvalue weighted by Gasteiger charge is 2.33. The van der Waals surface area contributed by atoms with Gasteiger partial charge >= 0.3 is 6.09 Å². The van der Waals surface area contributed by atoms with E-state index in [0.717, 1.165) is 58.1 Å². The van der Waals surface area contributed by atoms with Gasteiger partial charge in [0.15, 0.2) is 5.82 Å². The van der Waals surface area contributed by atoms with Crippen LogP contribution in [0.1, 0.15) is 66.3 Å². The number of carbonyl (C=O) groups excluding carboxylic acids is 2. The van der Waals surface area contributed by atoms with Gasteiger partial charge in [0.2, 0.25) is 0 Å². The van der Waals surface area contributed by atoms with Gasteiger partial charge < -0.3 is 29.7 Å². The van der Waals surface area contributed by atoms with E-state index in [-0.39, 0.29) is 24.1 Å². The van der Waals surface area contributed by atoms with Crippen molar-refractivity contribution in [1.82, 2.24) is 19.8 Å². The highest BCUT2D eigenvalue weighted by Crippen LogP contribution is 2.41. The predicted octanol–water partition coefficient (Wildman–Crippen LogP) is 10.0. The van der Waals surface area contributed by atoms with Gasteiger partial charge in [-0.1, -0.05) is 78.3 Å². The third-order valence-electron chi connectivity index (χ3n) is 10.3. The first-order valence-electron chi connectivity index (χ1n) is 17.9. The number of pyridine rings is 1. The molecule has 4 heterocycles. The van der Waals surface area contributed by atoms with E-state index in [4.69, 9.17) is 32.9 Å². The Morgan fingerprint density at radius 1 is 1.02 bits per heavy atom. The first kappa shape index (κ1) is 36.1. The molecule has 2 saturated heterocycles. The van der Waals surface area contributed by atoms with E-state index < -0.39 is 0 Å². The van der Waals surface area contributed by atoms with Crippen LogP contribution in [-0.2, 0) is 4.74 Å². The van der Waals surface area contributed by atoms with Crippen LogP contribution in [-0.4, -0.2) is 64.1 Å². The molecule has 2 fully saturated rings. The summed E-state index contributed by atoms with van der Waals surface area (Å²) < 4.78 is 5.30. The molecule has 0 spiro atoms. The number of halogens is 2. The van der Waals surface area contributed by atoms with E-state index in [9.17, 15) is 9.59 Å². The average Bonchev–Trinajstić information content (AvgIpc) is 3.55. The topological polar surface area (TPSA) is 93.8 Å². The van der Waals surface area contributed by atoms with Crippen molar-refractivity contribution >= 4 is 68.9 Å². The summed E-state index contributed by atoms with van der Waals surface area (Å²) in [7, 11) is 0. The number of piperidine rings is 1. The Kier molecular flexibility index (Phi) is 10.8. The SMILES string of the molecule is C=CN(/C(=C(\C)c1ccccc1)c1c(C(=O)Nc2cccnc2N2CCC(N3CCCOC3=O)CC2)[nH]c2cc(Cl)ccc12)C(C)c1ccc(Cl)cc1. The number of nitrogens with zero attached hydrogens (tertiary/aromatic N) is 4. The smallest absolute Gasteiger partial charge is 0.410 e. The van der Waals surface area contributed by atoms with Gasteiger partial charge in [0.05, 0.1) is 24.0 Å². The van der Waals surface area contributed by atoms with E-state index in [1.54, 1.807) is 6.20 Å². The van der Waals surface area contributed by atoms with Crippen molar-refractivity contribution in [3.8, 4) is 0 Å². The molecule has 2 aromatic heterocycles. The number of aromatic nitrogens is 2. The number of nitrogens with one attached hydrogen (secondary N) is 2. The number of hydrogen-bond acceptors (Lipinski definition) is 6. The number of amides is 2. The fraction of sp³-hybridized carbons (Fsp3) is 0.262. The highest BCUT2D eigenvalue weighted by molar-refractivity contribution is 6.31. The Bertz CT molecular complexity index is 2160. The van der Waals surface area contributed by atoms with Gasteiger partial charge in [-0.15, -0.1) is 0 Å². The molecule has 2 aliphatic rings. The number of H-pyrrole nitrogens is 1. The first-order valence-corrected chi connectivity index (χ1v) is 18.7. The number of hydrogen-bond donors (Lipinski definition) is 2. The third-order valence-corrected chi connectivity index (χ3v) is 10.7. The lowest BCUT2D eigenvalue weighted by Gasteiger charge is -2.40. The number of allylic oxidation sites excluding steroid dienone is 1. The predicted molar refractivity (Wildman–Crippen MR) is 214 cm³/mol. The van der Waals surface area contributed by atoms with Crippen LogP contribution in [0.2, 0.25) is 10.0 Å². The van der Waals surface area contributed by atoms with Crippen molar-refractivity contribution in [2.75, 3.05) is 36.5 Å². The molecule has 53 heavy (non-hydrogen) atoms. The van der Waals surface area contributed by atoms with Crippen LogP contribution >= 0.6 is 23.2 Å². The largest absolute Gasteiger partial charge is 0.449 e. The van der Waals surface area contributed by atoms with Gasteiger partial charge in [-0.25, -0.2) is 9.78 Å². The van der Waals surface area contributed by atoms with Gasteiger partial charge in [0.25, 0.3) is 5.91 Å². The van der Waals surface area contributed by atoms with E-state index in [1.807, 2.05) is 83.9 Å². The minimum absolute atomic E-state index is 0.114. The molecular weight excluding hydrogens is 707 g/mol. The molecule has 0 saturated carbocycles. The Morgan fingerprint density at radius 3 is 2.47 bits per heavy atom. The van der Waals surface area contributed by atoms with Gasteiger partial charge in [-0.05, 0) is 92.4 Å². The molecule has 7 rings (SSSR count). The van der Waals surface area contributed by atoms with Crippen molar-refractivity contribution in [2.24, 2.45) is 0 Å². The summed E-state index contributed by atoms with van der Waals surface area (Å²) in [5.41, 5.74) is 6.22. The molecule has 0 radical (unpaired) electrons. The van der Waals surface area contributed by atoms with Gasteiger partial charge in [0.1, 0.15) is 5.69 Å². The summed E-state index contributed by atoms with van der Waals surface area (Å²) in [6, 6.07) is 27.2. The maximum Gasteiger partial charge on any atom is 0.410 e. The number of ether oxygens (including phenoxy) is 1. The maximum absolute atomic E-state index is 14.7. The number of rotatable bonds is 10. The van der Waals surface area contributed by atoms with Crippen LogP contribution in [0, 0.1) is 0 Å². The van der Waals surface area contributed by atoms with Gasteiger partial charge in [-0.3, -0.25) is 4.79 Å². The van der Waals surface area contributed by atoms with Gasteiger partial charge in [0, 0.05) is 58.4 Å². The summed E-state index contributed by atoms with van der Waals surface area (Å²) in [6.07, 6.45) is 5.72. The molecule has 1 unspecified atom stereocenters. The van der Waals surface area contributed by atoms with Crippen LogP contribution in [0.5, 0.6) is 0 Å². The number of carbonyl (C=O) groups is 2. The normalized spacial score (nSPS) is 16.2. The van der Waals surface area contributed by atoms with Crippen LogP contribution in [0.3, 0.4) is 0 Å². The summed E-state index contributed by atoms with van der Waals surface area (Å²) in [5, 5.41) is 5.25. The quantitative estimate of drug-likeness (QED) is 0.148. The molecule has 11 heteroatoms. The van der Waals surface area contributed by atoms with Crippen LogP contribution in [0.15, 0.2) is 104 Å². The molecule has 9 nitrogen and oxygen atoms in total. The van der Waals surface area contributed by atoms with Crippen molar-refractivity contribution in [2.45, 2.75) is 45.2 Å².